The average Bonchev–Trinajstić information content (AvgIpc) is 3.18. The van der Waals surface area contributed by atoms with E-state index >= 15 is 0 Å². The summed E-state index contributed by atoms with van der Waals surface area (Å²) in [7, 11) is 0. The third-order valence-corrected chi connectivity index (χ3v) is 3.82. The monoisotopic (exact) mass is 342 g/mol. The molecule has 1 fully saturated rings. The van der Waals surface area contributed by atoms with Crippen molar-refractivity contribution in [2.24, 2.45) is 0 Å². The summed E-state index contributed by atoms with van der Waals surface area (Å²) in [6, 6.07) is 8.93. The van der Waals surface area contributed by atoms with Crippen molar-refractivity contribution in [3.8, 4) is 5.75 Å². The quantitative estimate of drug-likeness (QED) is 0.713. The van der Waals surface area contributed by atoms with Gasteiger partial charge in [-0.3, -0.25) is 4.79 Å². The Hall–Kier alpha value is -2.67. The topological polar surface area (TPSA) is 85.4 Å². The number of benzene rings is 1. The first-order valence-corrected chi connectivity index (χ1v) is 8.45. The summed E-state index contributed by atoms with van der Waals surface area (Å²) in [6.07, 6.45) is 5.59. The summed E-state index contributed by atoms with van der Waals surface area (Å²) in [5.74, 6) is 1.08. The summed E-state index contributed by atoms with van der Waals surface area (Å²) in [5.41, 5.74) is 0.570. The molecular weight excluding hydrogens is 320 g/mol. The van der Waals surface area contributed by atoms with Crippen LogP contribution in [0.5, 0.6) is 5.75 Å². The van der Waals surface area contributed by atoms with E-state index in [2.05, 4.69) is 20.6 Å². The van der Waals surface area contributed by atoms with Gasteiger partial charge in [-0.05, 0) is 37.1 Å². The van der Waals surface area contributed by atoms with E-state index in [9.17, 15) is 4.79 Å². The Kier molecular flexibility index (Phi) is 6.17. The molecule has 0 aliphatic carbocycles. The molecule has 2 N–H and O–H groups in total. The number of nitrogens with one attached hydrogen (secondary N) is 2. The van der Waals surface area contributed by atoms with E-state index in [0.717, 1.165) is 19.4 Å². The highest BCUT2D eigenvalue weighted by Gasteiger charge is 2.16. The van der Waals surface area contributed by atoms with Gasteiger partial charge >= 0.3 is 0 Å². The van der Waals surface area contributed by atoms with E-state index in [1.165, 1.54) is 0 Å². The molecule has 0 spiro atoms. The van der Waals surface area contributed by atoms with Crippen molar-refractivity contribution in [2.75, 3.05) is 31.6 Å². The highest BCUT2D eigenvalue weighted by atomic mass is 16.5. The molecule has 2 heterocycles. The molecule has 1 aromatic carbocycles. The second kappa shape index (κ2) is 8.98. The Labute approximate surface area is 146 Å². The Balaban J connectivity index is 1.42. The predicted molar refractivity (Wildman–Crippen MR) is 93.8 cm³/mol. The maximum atomic E-state index is 12.2. The molecule has 0 bridgehead atoms. The van der Waals surface area contributed by atoms with E-state index in [1.54, 1.807) is 30.6 Å². The number of ether oxygens (including phenoxy) is 2. The van der Waals surface area contributed by atoms with Crippen molar-refractivity contribution >= 4 is 11.9 Å². The van der Waals surface area contributed by atoms with Gasteiger partial charge in [0.05, 0.1) is 6.10 Å². The van der Waals surface area contributed by atoms with Gasteiger partial charge in [0.25, 0.3) is 5.91 Å². The fraction of sp³-hybridized carbons (Fsp3) is 0.389. The molecule has 1 aromatic heterocycles. The Morgan fingerprint density at radius 3 is 2.92 bits per heavy atom. The smallest absolute Gasteiger partial charge is 0.251 e. The molecule has 0 saturated carbocycles. The molecule has 1 amide bonds. The van der Waals surface area contributed by atoms with Gasteiger partial charge in [-0.1, -0.05) is 6.07 Å². The molecule has 2 aromatic rings. The van der Waals surface area contributed by atoms with Crippen LogP contribution in [0.2, 0.25) is 0 Å². The average molecular weight is 342 g/mol. The lowest BCUT2D eigenvalue weighted by molar-refractivity contribution is 0.0679. The van der Waals surface area contributed by atoms with Crippen LogP contribution in [0.1, 0.15) is 23.2 Å². The Morgan fingerprint density at radius 1 is 1.24 bits per heavy atom. The van der Waals surface area contributed by atoms with Crippen molar-refractivity contribution in [3.63, 3.8) is 0 Å². The van der Waals surface area contributed by atoms with Gasteiger partial charge < -0.3 is 20.1 Å². The van der Waals surface area contributed by atoms with Crippen molar-refractivity contribution < 1.29 is 14.3 Å². The van der Waals surface area contributed by atoms with Crippen LogP contribution in [-0.2, 0) is 4.74 Å². The minimum atomic E-state index is -0.140. The summed E-state index contributed by atoms with van der Waals surface area (Å²) in [6.45, 7) is 2.34. The van der Waals surface area contributed by atoms with Crippen LogP contribution in [0, 0.1) is 0 Å². The lowest BCUT2D eigenvalue weighted by Crippen LogP contribution is -2.29. The van der Waals surface area contributed by atoms with Crippen molar-refractivity contribution in [3.05, 3.63) is 48.3 Å². The largest absolute Gasteiger partial charge is 0.491 e. The van der Waals surface area contributed by atoms with E-state index in [1.807, 2.05) is 12.1 Å². The fourth-order valence-electron chi connectivity index (χ4n) is 2.53. The van der Waals surface area contributed by atoms with Gasteiger partial charge in [-0.15, -0.1) is 0 Å². The standard InChI is InChI=1S/C18H22N4O3/c23-17(19-9-10-22-18-20-7-3-8-21-18)14-4-1-5-15(12-14)25-13-16-6-2-11-24-16/h1,3-5,7-8,12,16H,2,6,9-11,13H2,(H,19,23)(H,20,21,22). The van der Waals surface area contributed by atoms with Crippen LogP contribution in [0.3, 0.4) is 0 Å². The zero-order chi connectivity index (χ0) is 17.3. The number of rotatable bonds is 8. The van der Waals surface area contributed by atoms with Crippen LogP contribution in [0.4, 0.5) is 5.95 Å². The summed E-state index contributed by atoms with van der Waals surface area (Å²) >= 11 is 0. The number of amides is 1. The van der Waals surface area contributed by atoms with Crippen LogP contribution < -0.4 is 15.4 Å². The lowest BCUT2D eigenvalue weighted by atomic mass is 10.2. The van der Waals surface area contributed by atoms with Crippen LogP contribution in [0.15, 0.2) is 42.7 Å². The minimum absolute atomic E-state index is 0.140. The number of aromatic nitrogens is 2. The lowest BCUT2D eigenvalue weighted by Gasteiger charge is -2.12. The molecule has 132 valence electrons. The minimum Gasteiger partial charge on any atom is -0.491 e. The zero-order valence-electron chi connectivity index (χ0n) is 14.0. The number of hydrogen-bond donors (Lipinski definition) is 2. The molecule has 7 nitrogen and oxygen atoms in total. The van der Waals surface area contributed by atoms with Gasteiger partial charge in [-0.25, -0.2) is 9.97 Å². The van der Waals surface area contributed by atoms with Crippen molar-refractivity contribution in [2.45, 2.75) is 18.9 Å². The van der Waals surface area contributed by atoms with Crippen molar-refractivity contribution in [1.29, 1.82) is 0 Å². The Bertz CT molecular complexity index is 675. The number of hydrogen-bond acceptors (Lipinski definition) is 6. The molecular formula is C18H22N4O3. The predicted octanol–water partition coefficient (Wildman–Crippen LogP) is 1.88. The van der Waals surface area contributed by atoms with Gasteiger partial charge in [0.15, 0.2) is 0 Å². The number of carbonyl (C=O) groups is 1. The number of nitrogens with zero attached hydrogens (tertiary/aromatic N) is 2. The SMILES string of the molecule is O=C(NCCNc1ncccn1)c1cccc(OCC2CCCO2)c1. The molecule has 0 radical (unpaired) electrons. The highest BCUT2D eigenvalue weighted by molar-refractivity contribution is 5.94. The normalized spacial score (nSPS) is 16.4. The number of carbonyl (C=O) groups excluding carboxylic acids is 1. The Morgan fingerprint density at radius 2 is 2.12 bits per heavy atom. The first kappa shape index (κ1) is 17.2. The maximum Gasteiger partial charge on any atom is 0.251 e. The van der Waals surface area contributed by atoms with E-state index in [0.29, 0.717) is 37.0 Å². The first-order chi connectivity index (χ1) is 12.3. The molecule has 1 aliphatic rings. The third-order valence-electron chi connectivity index (χ3n) is 3.82. The van der Waals surface area contributed by atoms with Crippen LogP contribution in [-0.4, -0.2) is 48.3 Å². The maximum absolute atomic E-state index is 12.2. The number of anilines is 1. The fourth-order valence-corrected chi connectivity index (χ4v) is 2.53. The molecule has 1 atom stereocenters. The zero-order valence-corrected chi connectivity index (χ0v) is 14.0. The summed E-state index contributed by atoms with van der Waals surface area (Å²) < 4.78 is 11.3. The van der Waals surface area contributed by atoms with E-state index in [-0.39, 0.29) is 12.0 Å². The molecule has 1 aliphatic heterocycles. The second-order valence-corrected chi connectivity index (χ2v) is 5.73. The van der Waals surface area contributed by atoms with Gasteiger partial charge in [0.2, 0.25) is 5.95 Å². The molecule has 7 heteroatoms. The third kappa shape index (κ3) is 5.42. The van der Waals surface area contributed by atoms with Crippen LogP contribution in [0.25, 0.3) is 0 Å². The van der Waals surface area contributed by atoms with Gasteiger partial charge in [0, 0.05) is 37.7 Å². The molecule has 3 rings (SSSR count). The van der Waals surface area contributed by atoms with Gasteiger partial charge in [0.1, 0.15) is 12.4 Å². The summed E-state index contributed by atoms with van der Waals surface area (Å²) in [4.78, 5) is 20.3. The van der Waals surface area contributed by atoms with E-state index < -0.39 is 0 Å². The van der Waals surface area contributed by atoms with Crippen LogP contribution >= 0.6 is 0 Å². The second-order valence-electron chi connectivity index (χ2n) is 5.73. The molecule has 1 saturated heterocycles. The van der Waals surface area contributed by atoms with Crippen molar-refractivity contribution in [1.82, 2.24) is 15.3 Å². The first-order valence-electron chi connectivity index (χ1n) is 8.45. The molecule has 25 heavy (non-hydrogen) atoms. The van der Waals surface area contributed by atoms with Gasteiger partial charge in [-0.2, -0.15) is 0 Å². The van der Waals surface area contributed by atoms with E-state index in [4.69, 9.17) is 9.47 Å². The highest BCUT2D eigenvalue weighted by Crippen LogP contribution is 2.17. The molecule has 1 unspecified atom stereocenters. The summed E-state index contributed by atoms with van der Waals surface area (Å²) in [5, 5.41) is 5.90.